The number of aromatic nitrogens is 2. The highest BCUT2D eigenvalue weighted by molar-refractivity contribution is 8.00. The third kappa shape index (κ3) is 5.17. The molecule has 0 bridgehead atoms. The number of hydrogen-bond acceptors (Lipinski definition) is 4. The molecule has 1 N–H and O–H groups in total. The van der Waals surface area contributed by atoms with Crippen LogP contribution in [0.4, 0.5) is 13.2 Å². The van der Waals surface area contributed by atoms with Gasteiger partial charge in [0.15, 0.2) is 0 Å². The Balaban J connectivity index is 1.84. The summed E-state index contributed by atoms with van der Waals surface area (Å²) in [4.78, 5) is 33.8. The number of aromatic amines is 1. The number of benzene rings is 2. The van der Waals surface area contributed by atoms with Gasteiger partial charge in [0, 0.05) is 16.5 Å². The van der Waals surface area contributed by atoms with Crippen molar-refractivity contribution in [3.05, 3.63) is 70.3 Å². The van der Waals surface area contributed by atoms with E-state index in [0.717, 1.165) is 0 Å². The molecule has 1 heterocycles. The highest BCUT2D eigenvalue weighted by Crippen LogP contribution is 2.36. The van der Waals surface area contributed by atoms with Crippen molar-refractivity contribution in [1.29, 1.82) is 0 Å². The van der Waals surface area contributed by atoms with Gasteiger partial charge in [0.25, 0.3) is 11.5 Å². The number of H-pyrrole nitrogens is 1. The summed E-state index contributed by atoms with van der Waals surface area (Å²) in [6.45, 7) is 3.69. The fourth-order valence-corrected chi connectivity index (χ4v) is 3.36. The Labute approximate surface area is 169 Å². The van der Waals surface area contributed by atoms with E-state index in [0.29, 0.717) is 16.7 Å². The molecular weight excluding hydrogens is 403 g/mol. The number of thioether (sulfide) groups is 1. The van der Waals surface area contributed by atoms with Crippen molar-refractivity contribution in [1.82, 2.24) is 14.9 Å². The average Bonchev–Trinajstić information content (AvgIpc) is 2.65. The molecule has 0 saturated carbocycles. The van der Waals surface area contributed by atoms with E-state index in [1.807, 2.05) is 13.8 Å². The van der Waals surface area contributed by atoms with Gasteiger partial charge < -0.3 is 9.88 Å². The Bertz CT molecular complexity index is 1080. The van der Waals surface area contributed by atoms with Crippen LogP contribution in [-0.4, -0.2) is 32.3 Å². The monoisotopic (exact) mass is 421 g/mol. The fraction of sp³-hybridized carbons (Fsp3) is 0.250. The molecule has 2 aromatic carbocycles. The van der Waals surface area contributed by atoms with E-state index in [9.17, 15) is 22.8 Å². The summed E-state index contributed by atoms with van der Waals surface area (Å²) in [6.07, 6.45) is 0. The lowest BCUT2D eigenvalue weighted by atomic mass is 10.1. The number of rotatable bonds is 5. The van der Waals surface area contributed by atoms with Gasteiger partial charge in [-0.2, -0.15) is 13.2 Å². The predicted octanol–water partition coefficient (Wildman–Crippen LogP) is 4.59. The standard InChI is InChI=1S/C20H18F3N3O2S/c1-12(2)26(11-17-24-16-6-4-3-5-15(16)18(27)25-17)19(28)13-7-9-14(10-8-13)29-20(21,22)23/h3-10,12H,11H2,1-2H3,(H,24,25,27). The Morgan fingerprint density at radius 1 is 1.14 bits per heavy atom. The van der Waals surface area contributed by atoms with Crippen LogP contribution in [-0.2, 0) is 6.54 Å². The van der Waals surface area contributed by atoms with E-state index >= 15 is 0 Å². The van der Waals surface area contributed by atoms with Gasteiger partial charge in [0.05, 0.1) is 17.4 Å². The van der Waals surface area contributed by atoms with Crippen molar-refractivity contribution in [2.24, 2.45) is 0 Å². The molecule has 0 aliphatic heterocycles. The summed E-state index contributed by atoms with van der Waals surface area (Å²) >= 11 is -0.233. The van der Waals surface area contributed by atoms with Crippen LogP contribution in [0.2, 0.25) is 0 Å². The molecule has 0 aliphatic rings. The molecule has 0 unspecified atom stereocenters. The first-order chi connectivity index (χ1) is 13.6. The minimum Gasteiger partial charge on any atom is -0.329 e. The molecule has 1 aromatic heterocycles. The summed E-state index contributed by atoms with van der Waals surface area (Å²) < 4.78 is 37.4. The summed E-state index contributed by atoms with van der Waals surface area (Å²) in [7, 11) is 0. The quantitative estimate of drug-likeness (QED) is 0.612. The maximum absolute atomic E-state index is 12.9. The number of amides is 1. The van der Waals surface area contributed by atoms with E-state index < -0.39 is 5.51 Å². The molecule has 0 fully saturated rings. The number of nitrogens with zero attached hydrogens (tertiary/aromatic N) is 2. The third-order valence-corrected chi connectivity index (χ3v) is 4.94. The Morgan fingerprint density at radius 2 is 1.79 bits per heavy atom. The molecule has 0 aliphatic carbocycles. The van der Waals surface area contributed by atoms with E-state index in [4.69, 9.17) is 0 Å². The van der Waals surface area contributed by atoms with E-state index in [1.54, 1.807) is 24.3 Å². The molecule has 1 amide bonds. The first-order valence-electron chi connectivity index (χ1n) is 8.79. The lowest BCUT2D eigenvalue weighted by Crippen LogP contribution is -2.37. The highest BCUT2D eigenvalue weighted by Gasteiger charge is 2.29. The van der Waals surface area contributed by atoms with Gasteiger partial charge in [0.1, 0.15) is 5.82 Å². The zero-order chi connectivity index (χ0) is 21.2. The first-order valence-corrected chi connectivity index (χ1v) is 9.60. The van der Waals surface area contributed by atoms with Crippen LogP contribution >= 0.6 is 11.8 Å². The Hall–Kier alpha value is -2.81. The van der Waals surface area contributed by atoms with Gasteiger partial charge in [0.2, 0.25) is 0 Å². The van der Waals surface area contributed by atoms with Crippen molar-refractivity contribution in [2.45, 2.75) is 36.8 Å². The number of carbonyl (C=O) groups is 1. The number of para-hydroxylation sites is 1. The van der Waals surface area contributed by atoms with E-state index in [2.05, 4.69) is 9.97 Å². The molecule has 9 heteroatoms. The van der Waals surface area contributed by atoms with Gasteiger partial charge in [-0.3, -0.25) is 9.59 Å². The topological polar surface area (TPSA) is 66.1 Å². The SMILES string of the molecule is CC(C)N(Cc1nc2ccccc2c(=O)[nH]1)C(=O)c1ccc(SC(F)(F)F)cc1. The second-order valence-electron chi connectivity index (χ2n) is 6.63. The smallest absolute Gasteiger partial charge is 0.329 e. The minimum atomic E-state index is -4.39. The summed E-state index contributed by atoms with van der Waals surface area (Å²) in [5.74, 6) is -0.0284. The zero-order valence-corrected chi connectivity index (χ0v) is 16.5. The summed E-state index contributed by atoms with van der Waals surface area (Å²) in [5, 5.41) is 0.455. The van der Waals surface area contributed by atoms with Crippen LogP contribution in [0.25, 0.3) is 10.9 Å². The zero-order valence-electron chi connectivity index (χ0n) is 15.7. The second kappa shape index (κ2) is 8.28. The first kappa shape index (κ1) is 20.9. The fourth-order valence-electron chi connectivity index (χ4n) is 2.83. The molecule has 5 nitrogen and oxygen atoms in total. The molecule has 0 saturated heterocycles. The Morgan fingerprint density at radius 3 is 2.41 bits per heavy atom. The molecule has 29 heavy (non-hydrogen) atoms. The van der Waals surface area contributed by atoms with Crippen LogP contribution in [0.15, 0.2) is 58.2 Å². The molecule has 0 radical (unpaired) electrons. The number of carbonyl (C=O) groups excluding carboxylic acids is 1. The number of alkyl halides is 3. The van der Waals surface area contributed by atoms with E-state index in [-0.39, 0.29) is 46.3 Å². The average molecular weight is 421 g/mol. The van der Waals surface area contributed by atoms with Crippen LogP contribution in [0.3, 0.4) is 0 Å². The van der Waals surface area contributed by atoms with Crippen LogP contribution in [0.5, 0.6) is 0 Å². The maximum atomic E-state index is 12.9. The largest absolute Gasteiger partial charge is 0.446 e. The van der Waals surface area contributed by atoms with Gasteiger partial charge in [-0.25, -0.2) is 4.98 Å². The molecular formula is C20H18F3N3O2S. The van der Waals surface area contributed by atoms with Crippen molar-refractivity contribution in [3.63, 3.8) is 0 Å². The summed E-state index contributed by atoms with van der Waals surface area (Å²) in [5.41, 5.74) is -3.90. The minimum absolute atomic E-state index is 0.00525. The number of halogens is 3. The Kier molecular flexibility index (Phi) is 5.97. The van der Waals surface area contributed by atoms with Crippen molar-refractivity contribution in [3.8, 4) is 0 Å². The summed E-state index contributed by atoms with van der Waals surface area (Å²) in [6, 6.07) is 11.9. The number of nitrogens with one attached hydrogen (secondary N) is 1. The van der Waals surface area contributed by atoms with Crippen LogP contribution in [0.1, 0.15) is 30.0 Å². The normalized spacial score (nSPS) is 11.8. The molecule has 152 valence electrons. The van der Waals surface area contributed by atoms with Crippen LogP contribution in [0, 0.1) is 0 Å². The van der Waals surface area contributed by atoms with E-state index in [1.165, 1.54) is 29.2 Å². The lowest BCUT2D eigenvalue weighted by molar-refractivity contribution is -0.0328. The number of fused-ring (bicyclic) bond motifs is 1. The molecule has 3 rings (SSSR count). The van der Waals surface area contributed by atoms with Crippen molar-refractivity contribution < 1.29 is 18.0 Å². The molecule has 3 aromatic rings. The van der Waals surface area contributed by atoms with Crippen molar-refractivity contribution >= 4 is 28.6 Å². The maximum Gasteiger partial charge on any atom is 0.446 e. The molecule has 0 spiro atoms. The van der Waals surface area contributed by atoms with Gasteiger partial charge >= 0.3 is 5.51 Å². The third-order valence-electron chi connectivity index (χ3n) is 4.20. The van der Waals surface area contributed by atoms with Gasteiger partial charge in [-0.1, -0.05) is 12.1 Å². The lowest BCUT2D eigenvalue weighted by Gasteiger charge is -2.26. The van der Waals surface area contributed by atoms with Crippen LogP contribution < -0.4 is 5.56 Å². The van der Waals surface area contributed by atoms with Gasteiger partial charge in [-0.05, 0) is 62.0 Å². The predicted molar refractivity (Wildman–Crippen MR) is 106 cm³/mol. The highest BCUT2D eigenvalue weighted by atomic mass is 32.2. The van der Waals surface area contributed by atoms with Gasteiger partial charge in [-0.15, -0.1) is 0 Å². The van der Waals surface area contributed by atoms with Crippen molar-refractivity contribution in [2.75, 3.05) is 0 Å². The number of hydrogen-bond donors (Lipinski definition) is 1. The molecule has 0 atom stereocenters. The second-order valence-corrected chi connectivity index (χ2v) is 7.77.